The Balaban J connectivity index is 0.916. The van der Waals surface area contributed by atoms with E-state index in [1.165, 1.54) is 153 Å². The van der Waals surface area contributed by atoms with Gasteiger partial charge in [-0.3, -0.25) is 0 Å². The van der Waals surface area contributed by atoms with Crippen LogP contribution in [0, 0.1) is 0 Å². The molecule has 21 aromatic rings. The molecule has 648 valence electrons. The number of para-hydroxylation sites is 2. The topological polar surface area (TPSA) is 21.3 Å². The van der Waals surface area contributed by atoms with Gasteiger partial charge in [0.15, 0.2) is 0 Å². The van der Waals surface area contributed by atoms with E-state index in [0.717, 1.165) is 95.7 Å². The predicted molar refractivity (Wildman–Crippen MR) is 571 cm³/mol. The summed E-state index contributed by atoms with van der Waals surface area (Å²) in [7, 11) is 0. The van der Waals surface area contributed by atoms with Gasteiger partial charge < -0.3 is 23.5 Å². The molecule has 0 bridgehead atoms. The number of anilines is 6. The Hall–Kier alpha value is -13.7. The largest absolute Gasteiger partial charge is 0.310 e. The number of nitrogens with zero attached hydrogens (tertiary/aromatic N) is 5. The smallest absolute Gasteiger partial charge is 0.252 e. The van der Waals surface area contributed by atoms with Crippen molar-refractivity contribution < 1.29 is 0 Å². The molecule has 0 spiro atoms. The molecule has 18 aromatic carbocycles. The number of aromatic nitrogens is 3. The van der Waals surface area contributed by atoms with Crippen molar-refractivity contribution in [2.45, 2.75) is 183 Å². The second kappa shape index (κ2) is 28.9. The first kappa shape index (κ1) is 82.7. The van der Waals surface area contributed by atoms with Gasteiger partial charge in [0.05, 0.1) is 50.2 Å². The number of hydrogen-bond donors (Lipinski definition) is 0. The lowest BCUT2D eigenvalue weighted by Crippen LogP contribution is -2.61. The fourth-order valence-electron chi connectivity index (χ4n) is 22.3. The number of fused-ring (bicyclic) bond motifs is 11. The molecule has 6 heteroatoms. The Bertz CT molecular complexity index is 8050. The quantitative estimate of drug-likeness (QED) is 0.0816. The molecular formula is C126H116BN5. The van der Waals surface area contributed by atoms with Gasteiger partial charge in [-0.1, -0.05) is 364 Å². The van der Waals surface area contributed by atoms with Crippen molar-refractivity contribution >= 4 is 155 Å². The summed E-state index contributed by atoms with van der Waals surface area (Å²) in [6, 6.07) is 127. The van der Waals surface area contributed by atoms with E-state index in [4.69, 9.17) is 0 Å². The van der Waals surface area contributed by atoms with Crippen LogP contribution in [0.3, 0.4) is 0 Å². The van der Waals surface area contributed by atoms with Crippen molar-refractivity contribution in [2.75, 3.05) is 9.80 Å². The fraction of sp³-hybridized carbons (Fsp3) is 0.222. The maximum Gasteiger partial charge on any atom is 0.252 e. The van der Waals surface area contributed by atoms with Crippen LogP contribution in [0.5, 0.6) is 0 Å². The molecule has 0 unspecified atom stereocenters. The lowest BCUT2D eigenvalue weighted by atomic mass is 9.33. The normalized spacial score (nSPS) is 13.6. The Morgan fingerprint density at radius 1 is 0.197 bits per heavy atom. The van der Waals surface area contributed by atoms with Crippen LogP contribution in [0.15, 0.2) is 322 Å². The highest BCUT2D eigenvalue weighted by molar-refractivity contribution is 7.00. The van der Waals surface area contributed by atoms with Gasteiger partial charge in [0, 0.05) is 83.1 Å². The molecule has 0 saturated carbocycles. The van der Waals surface area contributed by atoms with Crippen LogP contribution in [0.25, 0.3) is 159 Å². The SMILES string of the molecule is CC(C)(C)c1cccc(-c2cccc(-c3cccc(C(C)(C)C)c3)c2N2c3cc(-n4c5ccc(C(C)(C)C)cc5c5cc(C(C)(C)C)ccc54)ccc3B3c4ccc(-n5c6ccc(C(C)(C)C)cc6c6cc(C(C)(C)C)ccc65)cc4N(c4c(-c5cccc(C(C)(C)C)c5)cccc4-n4c5ccc6cccc7c8cccc9ccc4c(c98)c5c67)c4cc(-c5ccccc5)cc2c43)c1. The van der Waals surface area contributed by atoms with E-state index in [1.807, 2.05) is 0 Å². The first-order chi connectivity index (χ1) is 62.9. The minimum Gasteiger partial charge on any atom is -0.310 e. The van der Waals surface area contributed by atoms with E-state index in [2.05, 4.69) is 490 Å². The third-order valence-electron chi connectivity index (χ3n) is 29.6. The van der Waals surface area contributed by atoms with Gasteiger partial charge in [0.25, 0.3) is 6.71 Å². The Kier molecular flexibility index (Phi) is 18.1. The van der Waals surface area contributed by atoms with Gasteiger partial charge in [-0.05, 0) is 257 Å². The van der Waals surface area contributed by atoms with Crippen molar-refractivity contribution in [2.24, 2.45) is 0 Å². The second-order valence-electron chi connectivity index (χ2n) is 45.4. The van der Waals surface area contributed by atoms with Gasteiger partial charge in [0.2, 0.25) is 0 Å². The summed E-state index contributed by atoms with van der Waals surface area (Å²) >= 11 is 0. The van der Waals surface area contributed by atoms with Gasteiger partial charge >= 0.3 is 0 Å². The molecule has 132 heavy (non-hydrogen) atoms. The van der Waals surface area contributed by atoms with Crippen LogP contribution in [0.1, 0.15) is 184 Å². The Morgan fingerprint density at radius 3 is 0.902 bits per heavy atom. The standard InChI is InChI=1S/C126H116BN5/c1-120(2,3)82-39-25-36-78(64-82)91-42-30-43-92(79-37-26-40-83(65-79)121(4,5)6)118(91)131-109-73-89(128-102-60-50-85(123(10,11)12)69-96(102)97-70-86(124(13,14)15)51-61-103(97)128)54-56-100(109)127-101-57-55-90(129-104-62-52-87(125(16,17)18)71-98(104)99-72-88(126(19,20)21)53-63-105(99)129)74-110(101)132(112-68-81(67-111(131)117(112)127)75-32-23-22-24-33-75)119-93(80-38-27-41-84(66-80)122(7,8)9)44-31-47-108(119)130-106-58-48-76-34-28-45-94-95-46-29-35-77-49-59-107(130)116(114(77)95)115(106)113(76)94/h22-74H,1-21H3. The van der Waals surface area contributed by atoms with Gasteiger partial charge in [-0.25, -0.2) is 0 Å². The molecule has 0 radical (unpaired) electrons. The monoisotopic (exact) mass is 1710 g/mol. The minimum atomic E-state index is -0.343. The number of hydrogen-bond acceptors (Lipinski definition) is 2. The predicted octanol–water partition coefficient (Wildman–Crippen LogP) is 33.1. The number of benzene rings is 18. The highest BCUT2D eigenvalue weighted by Gasteiger charge is 2.47. The van der Waals surface area contributed by atoms with Crippen molar-refractivity contribution in [3.63, 3.8) is 0 Å². The Morgan fingerprint density at radius 2 is 0.523 bits per heavy atom. The minimum absolute atomic E-state index is 0.0914. The summed E-state index contributed by atoms with van der Waals surface area (Å²) in [6.45, 7) is 49.1. The van der Waals surface area contributed by atoms with Crippen LogP contribution >= 0.6 is 0 Å². The summed E-state index contributed by atoms with van der Waals surface area (Å²) in [6.07, 6.45) is 0. The third-order valence-corrected chi connectivity index (χ3v) is 29.6. The average molecular weight is 1710 g/mol. The van der Waals surface area contributed by atoms with E-state index in [9.17, 15) is 0 Å². The molecule has 5 heterocycles. The van der Waals surface area contributed by atoms with E-state index in [1.54, 1.807) is 0 Å². The summed E-state index contributed by atoms with van der Waals surface area (Å²) in [5, 5.41) is 15.2. The molecule has 5 nitrogen and oxygen atoms in total. The lowest BCUT2D eigenvalue weighted by molar-refractivity contribution is 0.590. The zero-order valence-electron chi connectivity index (χ0n) is 80.4. The van der Waals surface area contributed by atoms with Crippen molar-refractivity contribution in [3.8, 4) is 61.6 Å². The average Bonchev–Trinajstić information content (AvgIpc) is 1.26. The first-order valence-corrected chi connectivity index (χ1v) is 47.7. The molecule has 0 amide bonds. The molecule has 0 saturated heterocycles. The maximum absolute atomic E-state index is 2.80. The van der Waals surface area contributed by atoms with Crippen LogP contribution in [-0.2, 0) is 37.9 Å². The highest BCUT2D eigenvalue weighted by atomic mass is 15.2. The highest BCUT2D eigenvalue weighted by Crippen LogP contribution is 2.57. The van der Waals surface area contributed by atoms with E-state index < -0.39 is 0 Å². The molecular weight excluding hydrogens is 1590 g/mol. The van der Waals surface area contributed by atoms with Crippen LogP contribution < -0.4 is 26.2 Å². The molecule has 2 aliphatic rings. The van der Waals surface area contributed by atoms with Crippen LogP contribution in [-0.4, -0.2) is 20.4 Å². The van der Waals surface area contributed by atoms with E-state index in [0.29, 0.717) is 0 Å². The summed E-state index contributed by atoms with van der Waals surface area (Å²) in [5.41, 5.74) is 37.9. The summed E-state index contributed by atoms with van der Waals surface area (Å²) < 4.78 is 7.87. The zero-order chi connectivity index (χ0) is 91.4. The van der Waals surface area contributed by atoms with E-state index >= 15 is 0 Å². The van der Waals surface area contributed by atoms with Gasteiger partial charge in [-0.2, -0.15) is 0 Å². The maximum atomic E-state index is 2.80. The van der Waals surface area contributed by atoms with Crippen LogP contribution in [0.2, 0.25) is 0 Å². The lowest BCUT2D eigenvalue weighted by Gasteiger charge is -2.46. The second-order valence-corrected chi connectivity index (χ2v) is 45.4. The Labute approximate surface area is 778 Å². The van der Waals surface area contributed by atoms with Crippen molar-refractivity contribution in [1.82, 2.24) is 13.7 Å². The molecule has 23 rings (SSSR count). The number of rotatable bonds is 9. The van der Waals surface area contributed by atoms with E-state index in [-0.39, 0.29) is 44.6 Å². The van der Waals surface area contributed by atoms with Crippen LogP contribution in [0.4, 0.5) is 34.1 Å². The molecule has 0 fully saturated rings. The van der Waals surface area contributed by atoms with Gasteiger partial charge in [-0.15, -0.1) is 0 Å². The summed E-state index contributed by atoms with van der Waals surface area (Å²) in [5.74, 6) is 0. The first-order valence-electron chi connectivity index (χ1n) is 47.7. The molecule has 3 aromatic heterocycles. The van der Waals surface area contributed by atoms with Crippen molar-refractivity contribution in [3.05, 3.63) is 360 Å². The molecule has 2 aliphatic heterocycles. The fourth-order valence-corrected chi connectivity index (χ4v) is 22.3. The molecule has 0 N–H and O–H groups in total. The summed E-state index contributed by atoms with van der Waals surface area (Å²) in [4.78, 5) is 5.58. The zero-order valence-corrected chi connectivity index (χ0v) is 80.4. The van der Waals surface area contributed by atoms with Gasteiger partial charge in [0.1, 0.15) is 0 Å². The molecule has 0 aliphatic carbocycles. The molecule has 0 atom stereocenters. The third kappa shape index (κ3) is 12.9. The van der Waals surface area contributed by atoms with Crippen molar-refractivity contribution in [1.29, 1.82) is 0 Å².